The Balaban J connectivity index is 1.31. The largest absolute Gasteiger partial charge is 0.309 e. The third-order valence-corrected chi connectivity index (χ3v) is 12.6. The lowest BCUT2D eigenvalue weighted by atomic mass is 9.89. The molecule has 8 aromatic carbocycles. The average Bonchev–Trinajstić information content (AvgIpc) is 3.17. The summed E-state index contributed by atoms with van der Waals surface area (Å²) in [6, 6.07) is 62.5. The van der Waals surface area contributed by atoms with Crippen LogP contribution in [-0.4, -0.2) is 4.98 Å². The molecule has 0 aliphatic rings. The summed E-state index contributed by atoms with van der Waals surface area (Å²) in [7, 11) is -3.08. The maximum Gasteiger partial charge on any atom is 0.171 e. The van der Waals surface area contributed by atoms with Crippen molar-refractivity contribution in [3.8, 4) is 22.4 Å². The van der Waals surface area contributed by atoms with Crippen LogP contribution in [0.15, 0.2) is 182 Å². The summed E-state index contributed by atoms with van der Waals surface area (Å²) in [5, 5.41) is 10.6. The molecule has 1 aromatic heterocycles. The molecule has 0 aliphatic carbocycles. The molecule has 0 saturated heterocycles. The van der Waals surface area contributed by atoms with E-state index < -0.39 is 7.14 Å². The van der Waals surface area contributed by atoms with Gasteiger partial charge in [-0.25, -0.2) is 4.98 Å². The molecule has 0 fully saturated rings. The molecule has 3 heteroatoms. The molecule has 0 spiro atoms. The molecule has 226 valence electrons. The van der Waals surface area contributed by atoms with Crippen molar-refractivity contribution < 1.29 is 4.57 Å². The minimum absolute atomic E-state index is 0.818. The van der Waals surface area contributed by atoms with Gasteiger partial charge in [0.05, 0.1) is 11.2 Å². The first kappa shape index (κ1) is 28.4. The van der Waals surface area contributed by atoms with Gasteiger partial charge < -0.3 is 4.57 Å². The number of rotatable bonds is 5. The number of benzene rings is 8. The van der Waals surface area contributed by atoms with Crippen LogP contribution in [0.4, 0.5) is 0 Å². The van der Waals surface area contributed by atoms with Gasteiger partial charge in [0.25, 0.3) is 0 Å². The smallest absolute Gasteiger partial charge is 0.171 e. The number of nitrogens with zero attached hydrogens (tertiary/aromatic N) is 1. The fourth-order valence-corrected chi connectivity index (χ4v) is 9.88. The number of hydrogen-bond donors (Lipinski definition) is 0. The van der Waals surface area contributed by atoms with Crippen molar-refractivity contribution in [3.05, 3.63) is 182 Å². The van der Waals surface area contributed by atoms with Crippen LogP contribution >= 0.6 is 7.14 Å². The van der Waals surface area contributed by atoms with Crippen LogP contribution in [-0.2, 0) is 4.57 Å². The Hall–Kier alpha value is -5.82. The normalized spacial score (nSPS) is 11.8. The highest BCUT2D eigenvalue weighted by Crippen LogP contribution is 2.45. The SMILES string of the molecule is O=P(c1ccccc1)(c1ccccc1)c1ccc(-c2cc3c(-c4ccccc4)nc4c5ccccc5ccc4c3c3ccccc23)cc1. The molecule has 0 amide bonds. The molecular formula is C45H30NOP. The lowest BCUT2D eigenvalue weighted by Gasteiger charge is -2.21. The van der Waals surface area contributed by atoms with Gasteiger partial charge in [-0.3, -0.25) is 0 Å². The van der Waals surface area contributed by atoms with Gasteiger partial charge in [0.15, 0.2) is 7.14 Å². The van der Waals surface area contributed by atoms with E-state index in [1.54, 1.807) is 0 Å². The van der Waals surface area contributed by atoms with E-state index in [0.29, 0.717) is 0 Å². The summed E-state index contributed by atoms with van der Waals surface area (Å²) in [6.45, 7) is 0. The first-order chi connectivity index (χ1) is 23.7. The molecule has 0 unspecified atom stereocenters. The summed E-state index contributed by atoms with van der Waals surface area (Å²) in [6.07, 6.45) is 0. The maximum atomic E-state index is 15.1. The highest BCUT2D eigenvalue weighted by molar-refractivity contribution is 7.85. The zero-order chi connectivity index (χ0) is 32.1. The van der Waals surface area contributed by atoms with Gasteiger partial charge >= 0.3 is 0 Å². The molecule has 0 radical (unpaired) electrons. The molecule has 0 saturated carbocycles. The Morgan fingerprint density at radius 1 is 0.396 bits per heavy atom. The Kier molecular flexibility index (Phi) is 6.78. The standard InChI is InChI=1S/C45H30NOP/c47-48(34-17-6-2-7-18-34,35-19-8-3-9-20-35)36-27-24-32(25-28-36)41-30-42-43(39-23-13-12-22-38(39)41)40-29-26-31-14-10-11-21-37(31)45(40)46-44(42)33-15-4-1-5-16-33/h1-30H. The number of hydrogen-bond acceptors (Lipinski definition) is 2. The molecule has 0 aliphatic heterocycles. The minimum Gasteiger partial charge on any atom is -0.309 e. The Morgan fingerprint density at radius 3 is 1.60 bits per heavy atom. The molecule has 0 atom stereocenters. The van der Waals surface area contributed by atoms with Gasteiger partial charge in [0.2, 0.25) is 0 Å². The highest BCUT2D eigenvalue weighted by Gasteiger charge is 2.29. The molecular weight excluding hydrogens is 601 g/mol. The van der Waals surface area contributed by atoms with Crippen LogP contribution in [0.5, 0.6) is 0 Å². The Morgan fingerprint density at radius 2 is 0.938 bits per heavy atom. The average molecular weight is 632 g/mol. The van der Waals surface area contributed by atoms with Crippen molar-refractivity contribution in [2.45, 2.75) is 0 Å². The summed E-state index contributed by atoms with van der Waals surface area (Å²) < 4.78 is 15.1. The van der Waals surface area contributed by atoms with Crippen molar-refractivity contribution in [2.75, 3.05) is 0 Å². The third-order valence-electron chi connectivity index (χ3n) is 9.52. The van der Waals surface area contributed by atoms with E-state index in [9.17, 15) is 0 Å². The van der Waals surface area contributed by atoms with E-state index in [4.69, 9.17) is 4.98 Å². The molecule has 9 aromatic rings. The number of fused-ring (bicyclic) bond motifs is 7. The van der Waals surface area contributed by atoms with Crippen molar-refractivity contribution in [1.29, 1.82) is 0 Å². The van der Waals surface area contributed by atoms with Crippen molar-refractivity contribution in [2.24, 2.45) is 0 Å². The Bertz CT molecular complexity index is 2630. The maximum absolute atomic E-state index is 15.1. The monoisotopic (exact) mass is 631 g/mol. The second-order valence-corrected chi connectivity index (χ2v) is 15.0. The fraction of sp³-hybridized carbons (Fsp3) is 0. The van der Waals surface area contributed by atoms with Gasteiger partial charge in [0, 0.05) is 43.0 Å². The fourth-order valence-electron chi connectivity index (χ4n) is 7.23. The number of pyridine rings is 1. The molecule has 1 heterocycles. The zero-order valence-corrected chi connectivity index (χ0v) is 27.0. The van der Waals surface area contributed by atoms with E-state index in [1.165, 1.54) is 21.5 Å². The summed E-state index contributed by atoms with van der Waals surface area (Å²) in [5.74, 6) is 0. The van der Waals surface area contributed by atoms with Crippen LogP contribution in [0.2, 0.25) is 0 Å². The summed E-state index contributed by atoms with van der Waals surface area (Å²) >= 11 is 0. The van der Waals surface area contributed by atoms with E-state index in [2.05, 4.69) is 115 Å². The van der Waals surface area contributed by atoms with E-state index in [0.717, 1.165) is 60.0 Å². The van der Waals surface area contributed by atoms with Crippen molar-refractivity contribution in [3.63, 3.8) is 0 Å². The lowest BCUT2D eigenvalue weighted by molar-refractivity contribution is 0.592. The Labute approximate surface area is 279 Å². The van der Waals surface area contributed by atoms with Crippen LogP contribution in [0, 0.1) is 0 Å². The second-order valence-electron chi connectivity index (χ2n) is 12.2. The second kappa shape index (κ2) is 11.5. The summed E-state index contributed by atoms with van der Waals surface area (Å²) in [4.78, 5) is 5.42. The van der Waals surface area contributed by atoms with Gasteiger partial charge in [-0.15, -0.1) is 0 Å². The molecule has 0 bridgehead atoms. The van der Waals surface area contributed by atoms with E-state index in [1.807, 2.05) is 66.7 Å². The van der Waals surface area contributed by atoms with Crippen LogP contribution in [0.25, 0.3) is 65.6 Å². The zero-order valence-electron chi connectivity index (χ0n) is 26.1. The highest BCUT2D eigenvalue weighted by atomic mass is 31.2. The third kappa shape index (κ3) is 4.49. The molecule has 2 nitrogen and oxygen atoms in total. The van der Waals surface area contributed by atoms with E-state index in [-0.39, 0.29) is 0 Å². The molecule has 0 N–H and O–H groups in total. The van der Waals surface area contributed by atoms with Gasteiger partial charge in [-0.05, 0) is 33.4 Å². The van der Waals surface area contributed by atoms with E-state index >= 15 is 4.57 Å². The van der Waals surface area contributed by atoms with Crippen LogP contribution < -0.4 is 15.9 Å². The van der Waals surface area contributed by atoms with Crippen LogP contribution in [0.1, 0.15) is 0 Å². The lowest BCUT2D eigenvalue weighted by Crippen LogP contribution is -2.24. The van der Waals surface area contributed by atoms with Crippen LogP contribution in [0.3, 0.4) is 0 Å². The first-order valence-electron chi connectivity index (χ1n) is 16.2. The van der Waals surface area contributed by atoms with Gasteiger partial charge in [-0.1, -0.05) is 176 Å². The van der Waals surface area contributed by atoms with Gasteiger partial charge in [-0.2, -0.15) is 0 Å². The predicted molar refractivity (Wildman–Crippen MR) is 205 cm³/mol. The quantitative estimate of drug-likeness (QED) is 0.140. The minimum atomic E-state index is -3.08. The predicted octanol–water partition coefficient (Wildman–Crippen LogP) is 10.7. The van der Waals surface area contributed by atoms with Crippen molar-refractivity contribution in [1.82, 2.24) is 4.98 Å². The number of aromatic nitrogens is 1. The molecule has 48 heavy (non-hydrogen) atoms. The van der Waals surface area contributed by atoms with Crippen molar-refractivity contribution >= 4 is 66.3 Å². The first-order valence-corrected chi connectivity index (χ1v) is 18.0. The van der Waals surface area contributed by atoms with Gasteiger partial charge in [0.1, 0.15) is 0 Å². The summed E-state index contributed by atoms with van der Waals surface area (Å²) in [5.41, 5.74) is 5.26. The topological polar surface area (TPSA) is 30.0 Å². The molecule has 9 rings (SSSR count).